The van der Waals surface area contributed by atoms with Crippen LogP contribution in [0.5, 0.6) is 11.5 Å². The average Bonchev–Trinajstić information content (AvgIpc) is 2.96. The average molecular weight is 333 g/mol. The van der Waals surface area contributed by atoms with Crippen LogP contribution in [0.4, 0.5) is 11.9 Å². The zero-order chi connectivity index (χ0) is 17.7. The van der Waals surface area contributed by atoms with E-state index in [4.69, 9.17) is 9.47 Å². The Bertz CT molecular complexity index is 743. The molecule has 0 radical (unpaired) electrons. The summed E-state index contributed by atoms with van der Waals surface area (Å²) in [5.41, 5.74) is 0.851. The van der Waals surface area contributed by atoms with E-state index in [9.17, 15) is 10.1 Å². The van der Waals surface area contributed by atoms with Gasteiger partial charge in [0.15, 0.2) is 11.5 Å². The van der Waals surface area contributed by atoms with E-state index in [0.717, 1.165) is 5.56 Å². The molecule has 0 saturated carbocycles. The molecule has 24 heavy (non-hydrogen) atoms. The lowest BCUT2D eigenvalue weighted by atomic mass is 10.1. The molecule has 0 aliphatic heterocycles. The molecule has 9 heteroatoms. The van der Waals surface area contributed by atoms with Crippen LogP contribution in [0.2, 0.25) is 0 Å². The van der Waals surface area contributed by atoms with Crippen LogP contribution in [-0.2, 0) is 13.6 Å². The van der Waals surface area contributed by atoms with Crippen molar-refractivity contribution in [2.75, 3.05) is 25.7 Å². The summed E-state index contributed by atoms with van der Waals surface area (Å²) in [7, 11) is 4.73. The van der Waals surface area contributed by atoms with Gasteiger partial charge in [-0.2, -0.15) is 4.68 Å². The summed E-state index contributed by atoms with van der Waals surface area (Å²) in [6.07, 6.45) is 1.69. The van der Waals surface area contributed by atoms with Crippen LogP contribution in [0.3, 0.4) is 0 Å². The van der Waals surface area contributed by atoms with Gasteiger partial charge in [-0.3, -0.25) is 0 Å². The number of methoxy groups -OCH3 is 2. The summed E-state index contributed by atoms with van der Waals surface area (Å²) in [4.78, 5) is 16.0. The maximum Gasteiger partial charge on any atom is 0.493 e. The van der Waals surface area contributed by atoms with Crippen molar-refractivity contribution >= 4 is 11.9 Å². The van der Waals surface area contributed by atoms with Gasteiger partial charge in [-0.15, -0.1) is 6.58 Å². The van der Waals surface area contributed by atoms with Crippen LogP contribution < -0.4 is 14.4 Å². The van der Waals surface area contributed by atoms with Crippen molar-refractivity contribution in [3.05, 3.63) is 46.5 Å². The van der Waals surface area contributed by atoms with E-state index in [1.165, 1.54) is 4.68 Å². The topological polar surface area (TPSA) is 95.6 Å². The number of hydrogen-bond acceptors (Lipinski definition) is 7. The quantitative estimate of drug-likeness (QED) is 0.414. The first-order valence-electron chi connectivity index (χ1n) is 7.13. The van der Waals surface area contributed by atoms with Gasteiger partial charge >= 0.3 is 11.9 Å². The van der Waals surface area contributed by atoms with Crippen LogP contribution in [0.25, 0.3) is 0 Å². The number of aryl methyl sites for hydroxylation is 1. The van der Waals surface area contributed by atoms with E-state index in [2.05, 4.69) is 16.7 Å². The molecular formula is C15H19N5O4. The fourth-order valence-electron chi connectivity index (χ4n) is 2.37. The van der Waals surface area contributed by atoms with Gasteiger partial charge in [-0.25, -0.2) is 0 Å². The monoisotopic (exact) mass is 333 g/mol. The molecule has 128 valence electrons. The molecule has 9 nitrogen and oxygen atoms in total. The number of aromatic nitrogens is 3. The lowest BCUT2D eigenvalue weighted by Gasteiger charge is -2.21. The lowest BCUT2D eigenvalue weighted by molar-refractivity contribution is -0.394. The summed E-state index contributed by atoms with van der Waals surface area (Å²) in [6, 6.07) is 5.54. The molecule has 2 aromatic rings. The van der Waals surface area contributed by atoms with Gasteiger partial charge < -0.3 is 24.5 Å². The minimum atomic E-state index is -0.623. The third-order valence-electron chi connectivity index (χ3n) is 3.37. The number of benzene rings is 1. The van der Waals surface area contributed by atoms with Gasteiger partial charge in [0.05, 0.1) is 20.8 Å². The highest BCUT2D eigenvalue weighted by Crippen LogP contribution is 2.32. The Balaban J connectivity index is 2.39. The Morgan fingerprint density at radius 2 is 2.17 bits per heavy atom. The molecule has 0 fully saturated rings. The van der Waals surface area contributed by atoms with E-state index in [1.54, 1.807) is 33.4 Å². The van der Waals surface area contributed by atoms with Gasteiger partial charge in [0, 0.05) is 24.3 Å². The molecule has 0 atom stereocenters. The molecule has 1 heterocycles. The first-order valence-corrected chi connectivity index (χ1v) is 7.13. The number of anilines is 1. The van der Waals surface area contributed by atoms with E-state index in [0.29, 0.717) is 30.5 Å². The summed E-state index contributed by atoms with van der Waals surface area (Å²) in [5, 5.41) is 14.7. The smallest absolute Gasteiger partial charge is 0.493 e. The normalized spacial score (nSPS) is 10.3. The van der Waals surface area contributed by atoms with Gasteiger partial charge in [-0.1, -0.05) is 18.2 Å². The highest BCUT2D eigenvalue weighted by molar-refractivity contribution is 5.49. The summed E-state index contributed by atoms with van der Waals surface area (Å²) < 4.78 is 12.1. The Labute approximate surface area is 139 Å². The minimum absolute atomic E-state index is 0.367. The number of ether oxygens (including phenoxy) is 2. The van der Waals surface area contributed by atoms with Crippen molar-refractivity contribution in [2.45, 2.75) is 6.54 Å². The van der Waals surface area contributed by atoms with Crippen molar-refractivity contribution in [2.24, 2.45) is 7.05 Å². The molecule has 0 amide bonds. The van der Waals surface area contributed by atoms with Crippen LogP contribution in [0.15, 0.2) is 30.9 Å². The van der Waals surface area contributed by atoms with Crippen molar-refractivity contribution < 1.29 is 14.4 Å². The van der Waals surface area contributed by atoms with E-state index in [-0.39, 0.29) is 0 Å². The molecule has 0 aliphatic carbocycles. The van der Waals surface area contributed by atoms with Gasteiger partial charge in [0.25, 0.3) is 0 Å². The number of rotatable bonds is 8. The van der Waals surface area contributed by atoms with E-state index < -0.39 is 10.9 Å². The number of nitro groups is 1. The third-order valence-corrected chi connectivity index (χ3v) is 3.37. The second-order valence-corrected chi connectivity index (χ2v) is 4.91. The maximum absolute atomic E-state index is 10.9. The SMILES string of the molecule is C=CCN(Cc1cccc(OC)c1OC)c1nc([N+](=O)[O-])nn1C. The Kier molecular flexibility index (Phi) is 5.35. The van der Waals surface area contributed by atoms with Crippen LogP contribution in [0.1, 0.15) is 5.56 Å². The van der Waals surface area contributed by atoms with E-state index >= 15 is 0 Å². The molecule has 0 N–H and O–H groups in total. The van der Waals surface area contributed by atoms with Crippen molar-refractivity contribution in [3.63, 3.8) is 0 Å². The molecule has 0 unspecified atom stereocenters. The number of nitrogens with zero attached hydrogens (tertiary/aromatic N) is 5. The second kappa shape index (κ2) is 7.44. The third kappa shape index (κ3) is 3.45. The van der Waals surface area contributed by atoms with Gasteiger partial charge in [-0.05, 0) is 16.0 Å². The molecule has 0 saturated heterocycles. The fraction of sp³-hybridized carbons (Fsp3) is 0.333. The Hall–Kier alpha value is -3.10. The lowest BCUT2D eigenvalue weighted by Crippen LogP contribution is -2.26. The second-order valence-electron chi connectivity index (χ2n) is 4.91. The van der Waals surface area contributed by atoms with Crippen LogP contribution in [0, 0.1) is 10.1 Å². The van der Waals surface area contributed by atoms with Crippen LogP contribution in [-0.4, -0.2) is 40.5 Å². The molecule has 2 rings (SSSR count). The number of para-hydroxylation sites is 1. The minimum Gasteiger partial charge on any atom is -0.493 e. The largest absolute Gasteiger partial charge is 0.493 e. The highest BCUT2D eigenvalue weighted by Gasteiger charge is 2.25. The molecule has 1 aromatic heterocycles. The summed E-state index contributed by atoms with van der Waals surface area (Å²) in [5.74, 6) is 1.13. The highest BCUT2D eigenvalue weighted by atomic mass is 16.6. The number of hydrogen-bond donors (Lipinski definition) is 0. The van der Waals surface area contributed by atoms with Crippen molar-refractivity contribution in [3.8, 4) is 11.5 Å². The predicted molar refractivity (Wildman–Crippen MR) is 88.5 cm³/mol. The summed E-state index contributed by atoms with van der Waals surface area (Å²) in [6.45, 7) is 4.56. The first kappa shape index (κ1) is 17.3. The summed E-state index contributed by atoms with van der Waals surface area (Å²) >= 11 is 0. The molecule has 0 spiro atoms. The molecule has 0 bridgehead atoms. The fourth-order valence-corrected chi connectivity index (χ4v) is 2.37. The zero-order valence-electron chi connectivity index (χ0n) is 13.8. The molecule has 1 aromatic carbocycles. The van der Waals surface area contributed by atoms with Gasteiger partial charge in [0.2, 0.25) is 0 Å². The zero-order valence-corrected chi connectivity index (χ0v) is 13.8. The van der Waals surface area contributed by atoms with Crippen molar-refractivity contribution in [1.29, 1.82) is 0 Å². The molecule has 0 aliphatic rings. The van der Waals surface area contributed by atoms with Gasteiger partial charge in [0.1, 0.15) is 0 Å². The molecular weight excluding hydrogens is 314 g/mol. The van der Waals surface area contributed by atoms with E-state index in [1.807, 2.05) is 17.0 Å². The van der Waals surface area contributed by atoms with Crippen molar-refractivity contribution in [1.82, 2.24) is 14.8 Å². The Morgan fingerprint density at radius 1 is 1.42 bits per heavy atom. The predicted octanol–water partition coefficient (Wildman–Crippen LogP) is 1.93. The first-order chi connectivity index (χ1) is 11.5. The van der Waals surface area contributed by atoms with Crippen LogP contribution >= 0.6 is 0 Å². The standard InChI is InChI=1S/C15H19N5O4/c1-5-9-19(15-16-14(20(21)22)17-18(15)2)10-11-7-6-8-12(23-3)13(11)24-4/h5-8H,1,9-10H2,2-4H3. The maximum atomic E-state index is 10.9. The Morgan fingerprint density at radius 3 is 2.71 bits per heavy atom.